The predicted molar refractivity (Wildman–Crippen MR) is 162 cm³/mol. The van der Waals surface area contributed by atoms with Gasteiger partial charge in [-0.1, -0.05) is 103 Å². The maximum absolute atomic E-state index is 4.98. The summed E-state index contributed by atoms with van der Waals surface area (Å²) >= 11 is 0. The molecular formula is C36H24N4. The number of rotatable bonds is 5. The molecule has 0 radical (unpaired) electrons. The lowest BCUT2D eigenvalue weighted by molar-refractivity contribution is 1.07. The Morgan fingerprint density at radius 1 is 0.325 bits per heavy atom. The Kier molecular flexibility index (Phi) is 6.11. The number of fused-ring (bicyclic) bond motifs is 1. The summed E-state index contributed by atoms with van der Waals surface area (Å²) in [5.74, 6) is 1.91. The first-order valence-corrected chi connectivity index (χ1v) is 13.2. The highest BCUT2D eigenvalue weighted by Crippen LogP contribution is 2.34. The van der Waals surface area contributed by atoms with Gasteiger partial charge in [0.25, 0.3) is 0 Å². The van der Waals surface area contributed by atoms with Gasteiger partial charge in [-0.25, -0.2) is 15.0 Å². The summed E-state index contributed by atoms with van der Waals surface area (Å²) in [6, 6.07) is 45.7. The van der Waals surface area contributed by atoms with Crippen LogP contribution in [0.5, 0.6) is 0 Å². The highest BCUT2D eigenvalue weighted by Gasteiger charge is 2.15. The molecule has 0 aliphatic carbocycles. The fourth-order valence-electron chi connectivity index (χ4n) is 4.93. The number of hydrogen-bond acceptors (Lipinski definition) is 4. The van der Waals surface area contributed by atoms with E-state index in [1.54, 1.807) is 6.20 Å². The Labute approximate surface area is 232 Å². The molecule has 7 rings (SSSR count). The van der Waals surface area contributed by atoms with Crippen LogP contribution >= 0.6 is 0 Å². The lowest BCUT2D eigenvalue weighted by Gasteiger charge is -2.13. The Morgan fingerprint density at radius 3 is 1.48 bits per heavy atom. The fraction of sp³-hybridized carbons (Fsp3) is 0. The fourth-order valence-corrected chi connectivity index (χ4v) is 4.93. The van der Waals surface area contributed by atoms with Gasteiger partial charge in [0.2, 0.25) is 0 Å². The SMILES string of the molecule is c1ccc(-c2nc(-c3ccccc3)nc(-c3cc(-c4cccnc4)cc(-c4ccc5ccccc5c4)c3)n2)cc1. The number of benzene rings is 5. The molecule has 188 valence electrons. The van der Waals surface area contributed by atoms with Gasteiger partial charge in [0.15, 0.2) is 17.5 Å². The van der Waals surface area contributed by atoms with Crippen LogP contribution in [0.4, 0.5) is 0 Å². The van der Waals surface area contributed by atoms with Gasteiger partial charge in [-0.3, -0.25) is 4.98 Å². The topological polar surface area (TPSA) is 51.6 Å². The number of hydrogen-bond donors (Lipinski definition) is 0. The summed E-state index contributed by atoms with van der Waals surface area (Å²) < 4.78 is 0. The van der Waals surface area contributed by atoms with Crippen LogP contribution in [0.2, 0.25) is 0 Å². The van der Waals surface area contributed by atoms with E-state index in [1.807, 2.05) is 72.9 Å². The van der Waals surface area contributed by atoms with Crippen LogP contribution < -0.4 is 0 Å². The highest BCUT2D eigenvalue weighted by molar-refractivity contribution is 5.89. The molecule has 2 aromatic heterocycles. The van der Waals surface area contributed by atoms with E-state index >= 15 is 0 Å². The zero-order valence-electron chi connectivity index (χ0n) is 21.6. The van der Waals surface area contributed by atoms with Crippen LogP contribution in [0.3, 0.4) is 0 Å². The zero-order valence-corrected chi connectivity index (χ0v) is 21.6. The van der Waals surface area contributed by atoms with Gasteiger partial charge in [-0.2, -0.15) is 0 Å². The molecule has 0 saturated carbocycles. The molecule has 0 N–H and O–H groups in total. The van der Waals surface area contributed by atoms with Crippen molar-refractivity contribution in [1.29, 1.82) is 0 Å². The standard InChI is InChI=1S/C36H24N4/c1-3-11-26(12-4-1)34-38-35(27-13-5-2-6-14-27)40-36(39-34)33-22-31(21-32(23-33)30-16-9-19-37-24-30)29-18-17-25-10-7-8-15-28(25)20-29/h1-24H. The molecule has 0 amide bonds. The number of aromatic nitrogens is 4. The van der Waals surface area contributed by atoms with Gasteiger partial charge in [-0.05, 0) is 57.8 Å². The van der Waals surface area contributed by atoms with Gasteiger partial charge in [0.1, 0.15) is 0 Å². The number of pyridine rings is 1. The van der Waals surface area contributed by atoms with Crippen LogP contribution in [-0.2, 0) is 0 Å². The van der Waals surface area contributed by atoms with Crippen molar-refractivity contribution in [3.05, 3.63) is 146 Å². The Bertz CT molecular complexity index is 1880. The summed E-state index contributed by atoms with van der Waals surface area (Å²) in [7, 11) is 0. The first-order chi connectivity index (χ1) is 19.8. The molecular weight excluding hydrogens is 488 g/mol. The first-order valence-electron chi connectivity index (χ1n) is 13.2. The smallest absolute Gasteiger partial charge is 0.164 e. The quantitative estimate of drug-likeness (QED) is 0.231. The van der Waals surface area contributed by atoms with Crippen molar-refractivity contribution in [2.45, 2.75) is 0 Å². The monoisotopic (exact) mass is 512 g/mol. The molecule has 0 atom stereocenters. The van der Waals surface area contributed by atoms with Crippen molar-refractivity contribution < 1.29 is 0 Å². The minimum absolute atomic E-state index is 0.625. The molecule has 4 nitrogen and oxygen atoms in total. The van der Waals surface area contributed by atoms with Crippen molar-refractivity contribution in [2.24, 2.45) is 0 Å². The summed E-state index contributed by atoms with van der Waals surface area (Å²) in [6.07, 6.45) is 3.68. The molecule has 5 aromatic carbocycles. The maximum Gasteiger partial charge on any atom is 0.164 e. The van der Waals surface area contributed by atoms with Crippen LogP contribution in [0.15, 0.2) is 146 Å². The Morgan fingerprint density at radius 2 is 0.850 bits per heavy atom. The minimum atomic E-state index is 0.625. The summed E-state index contributed by atoms with van der Waals surface area (Å²) in [5, 5.41) is 2.42. The second-order valence-electron chi connectivity index (χ2n) is 9.64. The average molecular weight is 513 g/mol. The van der Waals surface area contributed by atoms with E-state index < -0.39 is 0 Å². The Hall–Kier alpha value is -5.48. The van der Waals surface area contributed by atoms with Crippen molar-refractivity contribution in [2.75, 3.05) is 0 Å². The van der Waals surface area contributed by atoms with E-state index in [-0.39, 0.29) is 0 Å². The molecule has 2 heterocycles. The van der Waals surface area contributed by atoms with Crippen molar-refractivity contribution >= 4 is 10.8 Å². The average Bonchev–Trinajstić information content (AvgIpc) is 3.05. The summed E-state index contributed by atoms with van der Waals surface area (Å²) in [4.78, 5) is 19.2. The first kappa shape index (κ1) is 23.6. The van der Waals surface area contributed by atoms with Crippen LogP contribution in [0, 0.1) is 0 Å². The largest absolute Gasteiger partial charge is 0.264 e. The molecule has 4 heteroatoms. The van der Waals surface area contributed by atoms with Crippen LogP contribution in [-0.4, -0.2) is 19.9 Å². The minimum Gasteiger partial charge on any atom is -0.264 e. The third-order valence-electron chi connectivity index (χ3n) is 6.97. The van der Waals surface area contributed by atoms with Gasteiger partial charge < -0.3 is 0 Å². The second-order valence-corrected chi connectivity index (χ2v) is 9.64. The Balaban J connectivity index is 1.45. The van der Waals surface area contributed by atoms with E-state index in [4.69, 9.17) is 15.0 Å². The molecule has 0 unspecified atom stereocenters. The zero-order chi connectivity index (χ0) is 26.7. The third-order valence-corrected chi connectivity index (χ3v) is 6.97. The molecule has 0 spiro atoms. The van der Waals surface area contributed by atoms with Gasteiger partial charge in [0, 0.05) is 34.6 Å². The van der Waals surface area contributed by atoms with E-state index in [0.717, 1.165) is 38.9 Å². The molecule has 0 bridgehead atoms. The summed E-state index contributed by atoms with van der Waals surface area (Å²) in [5.41, 5.74) is 7.12. The lowest BCUT2D eigenvalue weighted by atomic mass is 9.95. The van der Waals surface area contributed by atoms with Crippen LogP contribution in [0.1, 0.15) is 0 Å². The third kappa shape index (κ3) is 4.74. The lowest BCUT2D eigenvalue weighted by Crippen LogP contribution is -2.00. The van der Waals surface area contributed by atoms with Crippen molar-refractivity contribution in [3.8, 4) is 56.4 Å². The van der Waals surface area contributed by atoms with E-state index in [2.05, 4.69) is 71.7 Å². The summed E-state index contributed by atoms with van der Waals surface area (Å²) in [6.45, 7) is 0. The van der Waals surface area contributed by atoms with Gasteiger partial charge >= 0.3 is 0 Å². The molecule has 40 heavy (non-hydrogen) atoms. The van der Waals surface area contributed by atoms with E-state index in [1.165, 1.54) is 10.8 Å². The van der Waals surface area contributed by atoms with Crippen molar-refractivity contribution in [1.82, 2.24) is 19.9 Å². The van der Waals surface area contributed by atoms with Crippen molar-refractivity contribution in [3.63, 3.8) is 0 Å². The second kappa shape index (κ2) is 10.4. The molecule has 0 aliphatic rings. The molecule has 7 aromatic rings. The van der Waals surface area contributed by atoms with E-state index in [9.17, 15) is 0 Å². The predicted octanol–water partition coefficient (Wildman–Crippen LogP) is 8.75. The molecule has 0 saturated heterocycles. The van der Waals surface area contributed by atoms with Gasteiger partial charge in [0.05, 0.1) is 0 Å². The van der Waals surface area contributed by atoms with Gasteiger partial charge in [-0.15, -0.1) is 0 Å². The highest BCUT2D eigenvalue weighted by atomic mass is 15.0. The van der Waals surface area contributed by atoms with Crippen LogP contribution in [0.25, 0.3) is 67.2 Å². The number of nitrogens with zero attached hydrogens (tertiary/aromatic N) is 4. The molecule has 0 fully saturated rings. The normalized spacial score (nSPS) is 11.0. The molecule has 0 aliphatic heterocycles. The maximum atomic E-state index is 4.98. The van der Waals surface area contributed by atoms with E-state index in [0.29, 0.717) is 17.5 Å².